The molecule has 0 fully saturated rings. The molecule has 0 spiro atoms. The molecular formula is C24H22I4N2O6. The minimum Gasteiger partial charge on any atom is -0.492 e. The summed E-state index contributed by atoms with van der Waals surface area (Å²) in [5.41, 5.74) is 1.07. The minimum atomic E-state index is -1.15. The number of hydrogen-bond acceptors (Lipinski definition) is 6. The van der Waals surface area contributed by atoms with Gasteiger partial charge in [-0.15, -0.1) is 0 Å². The quantitative estimate of drug-likeness (QED) is 0.114. The number of esters is 1. The Bertz CT molecular complexity index is 1190. The maximum Gasteiger partial charge on any atom is 0.329 e. The van der Waals surface area contributed by atoms with E-state index in [1.54, 1.807) is 24.3 Å². The average Bonchev–Trinajstić information content (AvgIpc) is 3.09. The molecule has 3 amide bonds. The van der Waals surface area contributed by atoms with Crippen molar-refractivity contribution in [2.75, 3.05) is 18.5 Å². The molecule has 3 rings (SSSR count). The van der Waals surface area contributed by atoms with E-state index in [1.807, 2.05) is 20.8 Å². The van der Waals surface area contributed by atoms with Crippen molar-refractivity contribution in [2.45, 2.75) is 33.2 Å². The summed E-state index contributed by atoms with van der Waals surface area (Å²) in [5.74, 6) is -1.93. The van der Waals surface area contributed by atoms with E-state index in [0.717, 1.165) is 12.0 Å². The van der Waals surface area contributed by atoms with Crippen LogP contribution >= 0.6 is 90.4 Å². The molecule has 36 heavy (non-hydrogen) atoms. The van der Waals surface area contributed by atoms with E-state index in [2.05, 4.69) is 95.7 Å². The van der Waals surface area contributed by atoms with Crippen LogP contribution in [0.4, 0.5) is 5.69 Å². The predicted octanol–water partition coefficient (Wildman–Crippen LogP) is 5.70. The molecule has 1 aliphatic heterocycles. The van der Waals surface area contributed by atoms with Crippen LogP contribution in [0.3, 0.4) is 0 Å². The predicted molar refractivity (Wildman–Crippen MR) is 168 cm³/mol. The third-order valence-electron chi connectivity index (χ3n) is 5.22. The number of carbonyl (C=O) groups excluding carboxylic acids is 4. The Morgan fingerprint density at radius 3 is 2.03 bits per heavy atom. The highest BCUT2D eigenvalue weighted by atomic mass is 127. The van der Waals surface area contributed by atoms with Crippen LogP contribution in [0.2, 0.25) is 0 Å². The molecule has 1 aliphatic rings. The lowest BCUT2D eigenvalue weighted by Crippen LogP contribution is -2.47. The van der Waals surface area contributed by atoms with Crippen LogP contribution in [0.25, 0.3) is 0 Å². The van der Waals surface area contributed by atoms with E-state index < -0.39 is 36.3 Å². The number of imide groups is 1. The highest BCUT2D eigenvalue weighted by molar-refractivity contribution is 14.1. The summed E-state index contributed by atoms with van der Waals surface area (Å²) >= 11 is 8.43. The fourth-order valence-electron chi connectivity index (χ4n) is 3.67. The SMILES string of the molecule is CCOc1ccccc1NC(=O)COC(=O)C(CC(C)C)N1C(=O)c2c(I)c(I)c(I)c(I)c2C1=O. The molecule has 192 valence electrons. The van der Waals surface area contributed by atoms with Crippen molar-refractivity contribution in [2.24, 2.45) is 5.92 Å². The molecule has 1 heterocycles. The summed E-state index contributed by atoms with van der Waals surface area (Å²) in [4.78, 5) is 53.5. The number of carbonyl (C=O) groups is 4. The second kappa shape index (κ2) is 12.9. The Morgan fingerprint density at radius 2 is 1.50 bits per heavy atom. The number of hydrogen-bond donors (Lipinski definition) is 1. The molecule has 1 unspecified atom stereocenters. The zero-order valence-electron chi connectivity index (χ0n) is 19.5. The Balaban J connectivity index is 1.81. The smallest absolute Gasteiger partial charge is 0.329 e. The first kappa shape index (κ1) is 29.8. The molecule has 0 saturated heterocycles. The zero-order valence-corrected chi connectivity index (χ0v) is 28.1. The molecule has 2 aromatic carbocycles. The Kier molecular flexibility index (Phi) is 10.6. The normalized spacial score (nSPS) is 13.6. The second-order valence-electron chi connectivity index (χ2n) is 8.22. The van der Waals surface area contributed by atoms with Gasteiger partial charge in [-0.1, -0.05) is 26.0 Å². The Labute approximate surface area is 263 Å². The van der Waals surface area contributed by atoms with Crippen molar-refractivity contribution < 1.29 is 28.7 Å². The standard InChI is InChI=1S/C24H22I4N2O6/c1-4-35-14-8-6-5-7-12(14)29-15(31)10-36-24(34)13(9-11(2)3)30-22(32)16-17(23(30)33)19(26)21(28)20(27)18(16)25/h5-8,11,13H,4,9-10H2,1-3H3,(H,29,31). The first-order valence-corrected chi connectivity index (χ1v) is 15.2. The number of para-hydroxylation sites is 2. The van der Waals surface area contributed by atoms with Crippen LogP contribution in [-0.4, -0.2) is 47.8 Å². The summed E-state index contributed by atoms with van der Waals surface area (Å²) in [6, 6.07) is 5.77. The summed E-state index contributed by atoms with van der Waals surface area (Å²) in [6.45, 7) is 5.46. The van der Waals surface area contributed by atoms with Gasteiger partial charge < -0.3 is 14.8 Å². The van der Waals surface area contributed by atoms with Crippen molar-refractivity contribution in [1.29, 1.82) is 0 Å². The summed E-state index contributed by atoms with van der Waals surface area (Å²) in [5, 5.41) is 2.67. The molecular weight excluding hydrogens is 920 g/mol. The first-order chi connectivity index (χ1) is 17.0. The topological polar surface area (TPSA) is 102 Å². The first-order valence-electron chi connectivity index (χ1n) is 10.9. The fourth-order valence-corrected chi connectivity index (χ4v) is 7.32. The monoisotopic (exact) mass is 942 g/mol. The zero-order chi connectivity index (χ0) is 26.7. The number of halogens is 4. The highest BCUT2D eigenvalue weighted by Crippen LogP contribution is 2.39. The molecule has 0 radical (unpaired) electrons. The Morgan fingerprint density at radius 1 is 0.944 bits per heavy atom. The van der Waals surface area contributed by atoms with E-state index >= 15 is 0 Å². The third kappa shape index (κ3) is 6.27. The van der Waals surface area contributed by atoms with Crippen molar-refractivity contribution in [3.05, 3.63) is 49.7 Å². The van der Waals surface area contributed by atoms with Gasteiger partial charge in [-0.05, 0) is 122 Å². The van der Waals surface area contributed by atoms with E-state index in [1.165, 1.54) is 0 Å². The van der Waals surface area contributed by atoms with Crippen molar-refractivity contribution in [3.63, 3.8) is 0 Å². The van der Waals surface area contributed by atoms with Gasteiger partial charge in [0.05, 0.1) is 23.4 Å². The molecule has 12 heteroatoms. The van der Waals surface area contributed by atoms with Crippen LogP contribution < -0.4 is 10.1 Å². The van der Waals surface area contributed by atoms with Gasteiger partial charge in [0.25, 0.3) is 17.7 Å². The van der Waals surface area contributed by atoms with Gasteiger partial charge in [-0.2, -0.15) is 0 Å². The largest absolute Gasteiger partial charge is 0.492 e. The number of anilines is 1. The third-order valence-corrected chi connectivity index (χ3v) is 12.6. The van der Waals surface area contributed by atoms with Gasteiger partial charge in [0.2, 0.25) is 0 Å². The van der Waals surface area contributed by atoms with Crippen LogP contribution in [0.15, 0.2) is 24.3 Å². The molecule has 2 aromatic rings. The van der Waals surface area contributed by atoms with Crippen molar-refractivity contribution >= 4 is 120 Å². The summed E-state index contributed by atoms with van der Waals surface area (Å²) in [7, 11) is 0. The number of ether oxygens (including phenoxy) is 2. The fraction of sp³-hybridized carbons (Fsp3) is 0.333. The van der Waals surface area contributed by atoms with Crippen molar-refractivity contribution in [1.82, 2.24) is 4.90 Å². The van der Waals surface area contributed by atoms with Crippen molar-refractivity contribution in [3.8, 4) is 5.75 Å². The lowest BCUT2D eigenvalue weighted by Gasteiger charge is -2.26. The van der Waals surface area contributed by atoms with E-state index in [4.69, 9.17) is 9.47 Å². The van der Waals surface area contributed by atoms with E-state index in [-0.39, 0.29) is 12.3 Å². The molecule has 0 aliphatic carbocycles. The van der Waals surface area contributed by atoms with Gasteiger partial charge >= 0.3 is 5.97 Å². The van der Waals surface area contributed by atoms with Crippen LogP contribution in [0.5, 0.6) is 5.75 Å². The van der Waals surface area contributed by atoms with Gasteiger partial charge in [0, 0.05) is 14.3 Å². The number of nitrogens with zero attached hydrogens (tertiary/aromatic N) is 1. The molecule has 1 N–H and O–H groups in total. The molecule has 0 bridgehead atoms. The maximum atomic E-state index is 13.4. The second-order valence-corrected chi connectivity index (χ2v) is 12.5. The lowest BCUT2D eigenvalue weighted by atomic mass is 10.0. The number of fused-ring (bicyclic) bond motifs is 1. The van der Waals surface area contributed by atoms with Crippen LogP contribution in [0.1, 0.15) is 47.9 Å². The number of amides is 3. The Hall–Kier alpha value is -0.760. The lowest BCUT2D eigenvalue weighted by molar-refractivity contribution is -0.151. The van der Waals surface area contributed by atoms with Gasteiger partial charge in [-0.25, -0.2) is 4.79 Å². The molecule has 8 nitrogen and oxygen atoms in total. The van der Waals surface area contributed by atoms with E-state index in [0.29, 0.717) is 36.3 Å². The molecule has 1 atom stereocenters. The van der Waals surface area contributed by atoms with E-state index in [9.17, 15) is 19.2 Å². The number of benzene rings is 2. The highest BCUT2D eigenvalue weighted by Gasteiger charge is 2.47. The minimum absolute atomic E-state index is 0.0165. The maximum absolute atomic E-state index is 13.4. The van der Waals surface area contributed by atoms with Crippen LogP contribution in [0, 0.1) is 20.2 Å². The average molecular weight is 942 g/mol. The summed E-state index contributed by atoms with van der Waals surface area (Å²) in [6.07, 6.45) is 0.209. The summed E-state index contributed by atoms with van der Waals surface area (Å²) < 4.78 is 13.9. The number of rotatable bonds is 9. The molecule has 0 aromatic heterocycles. The van der Waals surface area contributed by atoms with Gasteiger partial charge in [-0.3, -0.25) is 19.3 Å². The van der Waals surface area contributed by atoms with Gasteiger partial charge in [0.15, 0.2) is 6.61 Å². The van der Waals surface area contributed by atoms with Crippen LogP contribution in [-0.2, 0) is 14.3 Å². The molecule has 0 saturated carbocycles. The van der Waals surface area contributed by atoms with Gasteiger partial charge in [0.1, 0.15) is 11.8 Å². The number of nitrogens with one attached hydrogen (secondary N) is 1.